The Labute approximate surface area is 168 Å². The first kappa shape index (κ1) is 20.5. The molecule has 1 aliphatic heterocycles. The standard InChI is InChI=1S/C19H20N4O5S/c1-13-4-6-14(7-5-13)20-18(25)19(26)21-22-29(27,28)16-10-8-15(9-11-16)23-12-2-3-17(23)24/h4-11,22H,2-3,12H2,1H3,(H,20,25)(H,21,26). The van der Waals surface area contributed by atoms with E-state index in [4.69, 9.17) is 0 Å². The van der Waals surface area contributed by atoms with Crippen LogP contribution in [0.1, 0.15) is 18.4 Å². The lowest BCUT2D eigenvalue weighted by molar-refractivity contribution is -0.136. The molecule has 0 radical (unpaired) electrons. The summed E-state index contributed by atoms with van der Waals surface area (Å²) in [7, 11) is -4.09. The molecule has 1 saturated heterocycles. The van der Waals surface area contributed by atoms with Crippen LogP contribution in [0.3, 0.4) is 0 Å². The largest absolute Gasteiger partial charge is 0.324 e. The van der Waals surface area contributed by atoms with Crippen LogP contribution < -0.4 is 20.5 Å². The average molecular weight is 416 g/mol. The second-order valence-corrected chi connectivity index (χ2v) is 8.21. The maximum Gasteiger partial charge on any atom is 0.324 e. The van der Waals surface area contributed by atoms with E-state index in [0.717, 1.165) is 12.0 Å². The third-order valence-corrected chi connectivity index (χ3v) is 5.61. The molecule has 0 aliphatic carbocycles. The second-order valence-electron chi connectivity index (χ2n) is 6.52. The first-order valence-electron chi connectivity index (χ1n) is 8.86. The number of aryl methyl sites for hydroxylation is 1. The number of benzene rings is 2. The summed E-state index contributed by atoms with van der Waals surface area (Å²) in [6, 6.07) is 12.4. The molecule has 3 rings (SSSR count). The number of anilines is 2. The fourth-order valence-electron chi connectivity index (χ4n) is 2.78. The van der Waals surface area contributed by atoms with E-state index in [2.05, 4.69) is 5.32 Å². The van der Waals surface area contributed by atoms with Gasteiger partial charge >= 0.3 is 11.8 Å². The molecule has 29 heavy (non-hydrogen) atoms. The van der Waals surface area contributed by atoms with Gasteiger partial charge in [0.05, 0.1) is 4.90 Å². The van der Waals surface area contributed by atoms with Crippen molar-refractivity contribution >= 4 is 39.1 Å². The predicted octanol–water partition coefficient (Wildman–Crippen LogP) is 1.07. The van der Waals surface area contributed by atoms with Gasteiger partial charge < -0.3 is 10.2 Å². The van der Waals surface area contributed by atoms with Gasteiger partial charge in [0.1, 0.15) is 0 Å². The molecule has 0 saturated carbocycles. The summed E-state index contributed by atoms with van der Waals surface area (Å²) in [5.41, 5.74) is 3.88. The van der Waals surface area contributed by atoms with E-state index in [9.17, 15) is 22.8 Å². The molecule has 152 valence electrons. The SMILES string of the molecule is Cc1ccc(NC(=O)C(=O)NNS(=O)(=O)c2ccc(N3CCCC3=O)cc2)cc1. The molecule has 1 fully saturated rings. The molecule has 1 heterocycles. The van der Waals surface area contributed by atoms with Crippen molar-refractivity contribution in [3.63, 3.8) is 0 Å². The Morgan fingerprint density at radius 1 is 0.966 bits per heavy atom. The summed E-state index contributed by atoms with van der Waals surface area (Å²) in [6.45, 7) is 2.47. The number of hydrogen-bond donors (Lipinski definition) is 3. The zero-order valence-electron chi connectivity index (χ0n) is 15.6. The Balaban J connectivity index is 1.58. The van der Waals surface area contributed by atoms with E-state index in [-0.39, 0.29) is 10.8 Å². The number of sulfonamides is 1. The van der Waals surface area contributed by atoms with E-state index in [1.165, 1.54) is 24.3 Å². The summed E-state index contributed by atoms with van der Waals surface area (Å²) in [5, 5.41) is 2.36. The van der Waals surface area contributed by atoms with Crippen LogP contribution in [0.5, 0.6) is 0 Å². The molecule has 3 amide bonds. The first-order chi connectivity index (χ1) is 13.8. The summed E-state index contributed by atoms with van der Waals surface area (Å²) >= 11 is 0. The Morgan fingerprint density at radius 2 is 1.62 bits per heavy atom. The van der Waals surface area contributed by atoms with Crippen molar-refractivity contribution in [3.05, 3.63) is 54.1 Å². The minimum atomic E-state index is -4.09. The molecule has 2 aromatic rings. The highest BCUT2D eigenvalue weighted by Crippen LogP contribution is 2.22. The molecule has 0 spiro atoms. The van der Waals surface area contributed by atoms with Gasteiger partial charge in [-0.25, -0.2) is 8.42 Å². The van der Waals surface area contributed by atoms with Crippen LogP contribution in [-0.4, -0.2) is 32.7 Å². The van der Waals surface area contributed by atoms with Gasteiger partial charge in [0, 0.05) is 24.3 Å². The first-order valence-corrected chi connectivity index (χ1v) is 10.3. The zero-order chi connectivity index (χ0) is 21.0. The zero-order valence-corrected chi connectivity index (χ0v) is 16.5. The lowest BCUT2D eigenvalue weighted by atomic mass is 10.2. The topological polar surface area (TPSA) is 125 Å². The number of amides is 3. The number of nitrogens with zero attached hydrogens (tertiary/aromatic N) is 1. The lowest BCUT2D eigenvalue weighted by Crippen LogP contribution is -2.46. The molecule has 0 aromatic heterocycles. The Hall–Kier alpha value is -3.24. The van der Waals surface area contributed by atoms with E-state index in [1.54, 1.807) is 29.2 Å². The van der Waals surface area contributed by atoms with Gasteiger partial charge in [-0.3, -0.25) is 19.8 Å². The van der Waals surface area contributed by atoms with Crippen LogP contribution in [0.15, 0.2) is 53.4 Å². The van der Waals surface area contributed by atoms with Gasteiger partial charge in [-0.2, -0.15) is 0 Å². The van der Waals surface area contributed by atoms with Gasteiger partial charge in [-0.15, -0.1) is 4.83 Å². The van der Waals surface area contributed by atoms with Crippen molar-refractivity contribution in [2.75, 3.05) is 16.8 Å². The maximum atomic E-state index is 12.3. The van der Waals surface area contributed by atoms with Crippen molar-refractivity contribution in [1.29, 1.82) is 0 Å². The van der Waals surface area contributed by atoms with Crippen molar-refractivity contribution in [2.45, 2.75) is 24.7 Å². The Bertz CT molecular complexity index is 1030. The third kappa shape index (κ3) is 4.98. The smallest absolute Gasteiger partial charge is 0.318 e. The fraction of sp³-hybridized carbons (Fsp3) is 0.211. The lowest BCUT2D eigenvalue weighted by Gasteiger charge is -2.16. The van der Waals surface area contributed by atoms with Crippen LogP contribution in [-0.2, 0) is 24.4 Å². The van der Waals surface area contributed by atoms with Gasteiger partial charge in [0.25, 0.3) is 10.0 Å². The van der Waals surface area contributed by atoms with Gasteiger partial charge in [0.15, 0.2) is 0 Å². The highest BCUT2D eigenvalue weighted by Gasteiger charge is 2.23. The van der Waals surface area contributed by atoms with Gasteiger partial charge in [-0.1, -0.05) is 17.7 Å². The molecule has 0 atom stereocenters. The van der Waals surface area contributed by atoms with E-state index >= 15 is 0 Å². The van der Waals surface area contributed by atoms with E-state index in [0.29, 0.717) is 24.3 Å². The fourth-order valence-corrected chi connectivity index (χ4v) is 3.62. The van der Waals surface area contributed by atoms with Crippen LogP contribution in [0.2, 0.25) is 0 Å². The molecular formula is C19H20N4O5S. The van der Waals surface area contributed by atoms with E-state index in [1.807, 2.05) is 17.2 Å². The minimum absolute atomic E-state index is 0.00872. The molecule has 0 unspecified atom stereocenters. The third-order valence-electron chi connectivity index (χ3n) is 4.35. The van der Waals surface area contributed by atoms with Gasteiger partial charge in [0.2, 0.25) is 5.91 Å². The summed E-state index contributed by atoms with van der Waals surface area (Å²) in [5.74, 6) is -2.18. The number of hydrazine groups is 1. The molecule has 10 heteroatoms. The van der Waals surface area contributed by atoms with Crippen LogP contribution in [0, 0.1) is 6.92 Å². The number of carbonyl (C=O) groups excluding carboxylic acids is 3. The van der Waals surface area contributed by atoms with E-state index < -0.39 is 21.8 Å². The monoisotopic (exact) mass is 416 g/mol. The quantitative estimate of drug-likeness (QED) is 0.497. The number of nitrogens with one attached hydrogen (secondary N) is 3. The summed E-state index contributed by atoms with van der Waals surface area (Å²) < 4.78 is 24.6. The highest BCUT2D eigenvalue weighted by molar-refractivity contribution is 7.89. The van der Waals surface area contributed by atoms with Crippen molar-refractivity contribution in [1.82, 2.24) is 10.3 Å². The number of hydrogen-bond acceptors (Lipinski definition) is 5. The van der Waals surface area contributed by atoms with Gasteiger partial charge in [-0.05, 0) is 49.7 Å². The number of rotatable bonds is 5. The second kappa shape index (κ2) is 8.41. The number of carbonyl (C=O) groups is 3. The predicted molar refractivity (Wildman–Crippen MR) is 106 cm³/mol. The van der Waals surface area contributed by atoms with Crippen LogP contribution in [0.25, 0.3) is 0 Å². The molecular weight excluding hydrogens is 396 g/mol. The molecule has 1 aliphatic rings. The van der Waals surface area contributed by atoms with Crippen molar-refractivity contribution in [3.8, 4) is 0 Å². The molecule has 9 nitrogen and oxygen atoms in total. The summed E-state index contributed by atoms with van der Waals surface area (Å²) in [6.07, 6.45) is 1.23. The van der Waals surface area contributed by atoms with Crippen molar-refractivity contribution in [2.24, 2.45) is 0 Å². The minimum Gasteiger partial charge on any atom is -0.318 e. The average Bonchev–Trinajstić information content (AvgIpc) is 3.14. The van der Waals surface area contributed by atoms with Crippen LogP contribution in [0.4, 0.5) is 11.4 Å². The highest BCUT2D eigenvalue weighted by atomic mass is 32.2. The summed E-state index contributed by atoms with van der Waals surface area (Å²) in [4.78, 5) is 38.8. The molecule has 2 aromatic carbocycles. The van der Waals surface area contributed by atoms with Crippen LogP contribution >= 0.6 is 0 Å². The van der Waals surface area contributed by atoms with Crippen molar-refractivity contribution < 1.29 is 22.8 Å². The molecule has 3 N–H and O–H groups in total. The molecule has 0 bridgehead atoms. The normalized spacial score (nSPS) is 14.0. The Morgan fingerprint density at radius 3 is 2.21 bits per heavy atom. The maximum absolute atomic E-state index is 12.3. The Kier molecular flexibility index (Phi) is 5.95.